The van der Waals surface area contributed by atoms with Crippen LogP contribution in [0.25, 0.3) is 0 Å². The van der Waals surface area contributed by atoms with E-state index >= 15 is 0 Å². The van der Waals surface area contributed by atoms with Gasteiger partial charge in [-0.15, -0.1) is 0 Å². The van der Waals surface area contributed by atoms with Gasteiger partial charge in [0.1, 0.15) is 5.69 Å². The van der Waals surface area contributed by atoms with E-state index in [1.165, 1.54) is 43.5 Å². The minimum Gasteiger partial charge on any atom is -0.464 e. The number of ether oxygens (including phenoxy) is 1. The van der Waals surface area contributed by atoms with E-state index in [1.807, 2.05) is 4.72 Å². The van der Waals surface area contributed by atoms with Gasteiger partial charge in [-0.3, -0.25) is 9.59 Å². The van der Waals surface area contributed by atoms with Crippen LogP contribution in [0.2, 0.25) is 0 Å². The highest BCUT2D eigenvalue weighted by atomic mass is 32.2. The zero-order valence-corrected chi connectivity index (χ0v) is 17.8. The van der Waals surface area contributed by atoms with E-state index in [1.54, 1.807) is 0 Å². The molecule has 0 spiro atoms. The maximum absolute atomic E-state index is 12.5. The second-order valence-corrected chi connectivity index (χ2v) is 8.89. The highest BCUT2D eigenvalue weighted by Crippen LogP contribution is 2.25. The molecule has 164 valence electrons. The number of aromatic nitrogens is 1. The first-order valence-electron chi connectivity index (χ1n) is 9.82. The van der Waals surface area contributed by atoms with E-state index in [4.69, 9.17) is 0 Å². The number of sulfonamides is 1. The third-order valence-corrected chi connectivity index (χ3v) is 6.40. The van der Waals surface area contributed by atoms with Crippen LogP contribution < -0.4 is 10.0 Å². The van der Waals surface area contributed by atoms with Crippen LogP contribution in [0.5, 0.6) is 0 Å². The molecule has 0 unspecified atom stereocenters. The van der Waals surface area contributed by atoms with Gasteiger partial charge >= 0.3 is 5.97 Å². The van der Waals surface area contributed by atoms with Gasteiger partial charge in [-0.2, -0.15) is 0 Å². The number of hydrogen-bond acceptors (Lipinski definition) is 7. The molecular formula is C21H23N3O6S. The van der Waals surface area contributed by atoms with Gasteiger partial charge in [-0.1, -0.05) is 19.3 Å². The maximum atomic E-state index is 12.5. The molecule has 2 amide bonds. The Bertz CT molecular complexity index is 1060. The molecule has 2 N–H and O–H groups in total. The second kappa shape index (κ2) is 9.69. The molecule has 1 saturated carbocycles. The first-order valence-corrected chi connectivity index (χ1v) is 11.3. The number of nitrogens with zero attached hydrogens (tertiary/aromatic N) is 1. The molecule has 1 aliphatic carbocycles. The van der Waals surface area contributed by atoms with E-state index in [2.05, 4.69) is 15.0 Å². The van der Waals surface area contributed by atoms with Crippen LogP contribution in [0.4, 0.5) is 5.69 Å². The lowest BCUT2D eigenvalue weighted by Gasteiger charge is -2.20. The van der Waals surface area contributed by atoms with Gasteiger partial charge in [0.2, 0.25) is 5.91 Å². The van der Waals surface area contributed by atoms with Crippen molar-refractivity contribution in [3.63, 3.8) is 0 Å². The molecule has 31 heavy (non-hydrogen) atoms. The van der Waals surface area contributed by atoms with Crippen molar-refractivity contribution >= 4 is 33.5 Å². The second-order valence-electron chi connectivity index (χ2n) is 7.21. The highest BCUT2D eigenvalue weighted by Gasteiger charge is 2.22. The highest BCUT2D eigenvalue weighted by molar-refractivity contribution is 7.90. The zero-order valence-electron chi connectivity index (χ0n) is 17.0. The molecule has 1 heterocycles. The zero-order chi connectivity index (χ0) is 22.4. The normalized spacial score (nSPS) is 14.5. The summed E-state index contributed by atoms with van der Waals surface area (Å²) in [6.45, 7) is 0. The Kier molecular flexibility index (Phi) is 7.01. The standard InChI is InChI=1S/C21H23N3O6S/c1-30-21(27)18-12-7-15(13-22-18)20(26)24-31(28,29)17-10-8-16(9-11-17)23-19(25)14-5-3-2-4-6-14/h7-14H,2-6H2,1H3,(H,23,25)(H,24,26). The van der Waals surface area contributed by atoms with Gasteiger partial charge < -0.3 is 10.1 Å². The lowest BCUT2D eigenvalue weighted by Crippen LogP contribution is -2.30. The predicted molar refractivity (Wildman–Crippen MR) is 112 cm³/mol. The molecule has 1 aromatic carbocycles. The van der Waals surface area contributed by atoms with Crippen LogP contribution >= 0.6 is 0 Å². The summed E-state index contributed by atoms with van der Waals surface area (Å²) >= 11 is 0. The molecule has 0 radical (unpaired) electrons. The summed E-state index contributed by atoms with van der Waals surface area (Å²) in [7, 11) is -2.94. The molecule has 0 saturated heterocycles. The van der Waals surface area contributed by atoms with Crippen molar-refractivity contribution in [2.45, 2.75) is 37.0 Å². The van der Waals surface area contributed by atoms with Crippen LogP contribution in [0, 0.1) is 5.92 Å². The topological polar surface area (TPSA) is 132 Å². The number of methoxy groups -OCH3 is 1. The van der Waals surface area contributed by atoms with Crippen molar-refractivity contribution < 1.29 is 27.5 Å². The van der Waals surface area contributed by atoms with Crippen molar-refractivity contribution in [1.29, 1.82) is 0 Å². The molecule has 10 heteroatoms. The predicted octanol–water partition coefficient (Wildman–Crippen LogP) is 2.51. The number of anilines is 1. The number of nitrogens with one attached hydrogen (secondary N) is 2. The third-order valence-electron chi connectivity index (χ3n) is 5.06. The molecule has 9 nitrogen and oxygen atoms in total. The summed E-state index contributed by atoms with van der Waals surface area (Å²) in [6, 6.07) is 8.11. The largest absolute Gasteiger partial charge is 0.464 e. The summed E-state index contributed by atoms with van der Waals surface area (Å²) in [5.41, 5.74) is 0.448. The Morgan fingerprint density at radius 2 is 1.68 bits per heavy atom. The van der Waals surface area contributed by atoms with E-state index in [9.17, 15) is 22.8 Å². The number of pyridine rings is 1. The number of hydrogen-bond donors (Lipinski definition) is 2. The number of carbonyl (C=O) groups excluding carboxylic acids is 3. The number of carbonyl (C=O) groups is 3. The average Bonchev–Trinajstić information content (AvgIpc) is 2.79. The third kappa shape index (κ3) is 5.66. The Morgan fingerprint density at radius 1 is 1.00 bits per heavy atom. The van der Waals surface area contributed by atoms with E-state index < -0.39 is 21.9 Å². The summed E-state index contributed by atoms with van der Waals surface area (Å²) in [5, 5.41) is 2.81. The van der Waals surface area contributed by atoms with Crippen molar-refractivity contribution in [3.8, 4) is 0 Å². The molecule has 0 bridgehead atoms. The molecule has 1 aromatic heterocycles. The van der Waals surface area contributed by atoms with E-state index in [0.29, 0.717) is 5.69 Å². The lowest BCUT2D eigenvalue weighted by atomic mass is 9.88. The monoisotopic (exact) mass is 445 g/mol. The van der Waals surface area contributed by atoms with Crippen LogP contribution in [-0.2, 0) is 19.6 Å². The molecular weight excluding hydrogens is 422 g/mol. The van der Waals surface area contributed by atoms with E-state index in [-0.39, 0.29) is 28.0 Å². The summed E-state index contributed by atoms with van der Waals surface area (Å²) in [5.74, 6) is -1.64. The molecule has 2 aromatic rings. The Hall–Kier alpha value is -3.27. The minimum atomic E-state index is -4.14. The van der Waals surface area contributed by atoms with Crippen LogP contribution in [0.15, 0.2) is 47.5 Å². The van der Waals surface area contributed by atoms with Crippen molar-refractivity contribution in [2.75, 3.05) is 12.4 Å². The van der Waals surface area contributed by atoms with Gasteiger partial charge in [-0.05, 0) is 49.2 Å². The van der Waals surface area contributed by atoms with Crippen molar-refractivity contribution in [2.24, 2.45) is 5.92 Å². The average molecular weight is 445 g/mol. The summed E-state index contributed by atoms with van der Waals surface area (Å²) in [4.78, 5) is 39.6. The summed E-state index contributed by atoms with van der Waals surface area (Å²) < 4.78 is 31.5. The van der Waals surface area contributed by atoms with Gasteiger partial charge in [0.25, 0.3) is 15.9 Å². The molecule has 0 aliphatic heterocycles. The fourth-order valence-electron chi connectivity index (χ4n) is 3.32. The fourth-order valence-corrected chi connectivity index (χ4v) is 4.29. The molecule has 0 atom stereocenters. The van der Waals surface area contributed by atoms with Gasteiger partial charge in [0, 0.05) is 17.8 Å². The van der Waals surface area contributed by atoms with E-state index in [0.717, 1.165) is 38.3 Å². The van der Waals surface area contributed by atoms with Crippen LogP contribution in [0.1, 0.15) is 53.0 Å². The quantitative estimate of drug-likeness (QED) is 0.653. The summed E-state index contributed by atoms with van der Waals surface area (Å²) in [6.07, 6.45) is 6.03. The first-order chi connectivity index (χ1) is 14.8. The van der Waals surface area contributed by atoms with Gasteiger partial charge in [0.05, 0.1) is 17.6 Å². The maximum Gasteiger partial charge on any atom is 0.356 e. The van der Waals surface area contributed by atoms with Crippen molar-refractivity contribution in [1.82, 2.24) is 9.71 Å². The Morgan fingerprint density at radius 3 is 2.26 bits per heavy atom. The molecule has 1 aliphatic rings. The smallest absolute Gasteiger partial charge is 0.356 e. The number of rotatable bonds is 6. The Balaban J connectivity index is 1.64. The SMILES string of the molecule is COC(=O)c1ccc(C(=O)NS(=O)(=O)c2ccc(NC(=O)C3CCCCC3)cc2)cn1. The minimum absolute atomic E-state index is 0.00669. The first kappa shape index (κ1) is 22.4. The molecule has 3 rings (SSSR count). The lowest BCUT2D eigenvalue weighted by molar-refractivity contribution is -0.120. The van der Waals surface area contributed by atoms with Gasteiger partial charge in [-0.25, -0.2) is 22.9 Å². The number of amides is 2. The fraction of sp³-hybridized carbons (Fsp3) is 0.333. The van der Waals surface area contributed by atoms with Crippen LogP contribution in [0.3, 0.4) is 0 Å². The Labute approximate surface area is 180 Å². The van der Waals surface area contributed by atoms with Crippen LogP contribution in [-0.4, -0.2) is 38.3 Å². The molecule has 1 fully saturated rings. The van der Waals surface area contributed by atoms with Crippen molar-refractivity contribution in [3.05, 3.63) is 53.9 Å². The number of esters is 1. The number of benzene rings is 1. The van der Waals surface area contributed by atoms with Gasteiger partial charge in [0.15, 0.2) is 0 Å².